The Bertz CT molecular complexity index is 1390. The van der Waals surface area contributed by atoms with Gasteiger partial charge < -0.3 is 14.7 Å². The van der Waals surface area contributed by atoms with Gasteiger partial charge in [-0.1, -0.05) is 85.1 Å². The molecular formula is C29H29Cl2NO6S. The van der Waals surface area contributed by atoms with E-state index in [4.69, 9.17) is 27.9 Å². The molecule has 3 aromatic carbocycles. The van der Waals surface area contributed by atoms with E-state index in [0.29, 0.717) is 33.2 Å². The molecule has 10 heteroatoms. The van der Waals surface area contributed by atoms with Crippen molar-refractivity contribution in [2.24, 2.45) is 0 Å². The molecular weight excluding hydrogens is 561 g/mol. The molecule has 0 aromatic heterocycles. The van der Waals surface area contributed by atoms with Crippen LogP contribution in [0.5, 0.6) is 0 Å². The summed E-state index contributed by atoms with van der Waals surface area (Å²) in [5.74, 6) is -1.75. The molecule has 1 fully saturated rings. The van der Waals surface area contributed by atoms with Crippen molar-refractivity contribution in [1.29, 1.82) is 0 Å². The summed E-state index contributed by atoms with van der Waals surface area (Å²) in [4.78, 5) is 28.1. The van der Waals surface area contributed by atoms with Gasteiger partial charge in [0.15, 0.2) is 0 Å². The molecule has 7 nitrogen and oxygen atoms in total. The molecule has 1 saturated heterocycles. The number of amides is 1. The van der Waals surface area contributed by atoms with E-state index in [1.54, 1.807) is 72.8 Å². The number of rotatable bonds is 10. The minimum Gasteiger partial charge on any atom is -0.480 e. The van der Waals surface area contributed by atoms with Crippen LogP contribution >= 0.6 is 23.2 Å². The highest BCUT2D eigenvalue weighted by Crippen LogP contribution is 2.44. The molecule has 0 aliphatic carbocycles. The Labute approximate surface area is 239 Å². The van der Waals surface area contributed by atoms with E-state index in [-0.39, 0.29) is 18.6 Å². The summed E-state index contributed by atoms with van der Waals surface area (Å²) in [7, 11) is -2.69. The summed E-state index contributed by atoms with van der Waals surface area (Å²) in [6.45, 7) is 1.87. The number of ether oxygens (including phenoxy) is 1. The lowest BCUT2D eigenvalue weighted by Gasteiger charge is -2.47. The van der Waals surface area contributed by atoms with Crippen molar-refractivity contribution in [3.8, 4) is 0 Å². The highest BCUT2D eigenvalue weighted by atomic mass is 35.5. The Balaban J connectivity index is 1.86. The summed E-state index contributed by atoms with van der Waals surface area (Å²) in [6, 6.07) is 19.1. The first-order valence-corrected chi connectivity index (χ1v) is 14.7. The summed E-state index contributed by atoms with van der Waals surface area (Å²) in [6.07, 6.45) is -0.889. The summed E-state index contributed by atoms with van der Waals surface area (Å²) >= 11 is 12.3. The van der Waals surface area contributed by atoms with Gasteiger partial charge in [0.25, 0.3) is 5.91 Å². The number of benzene rings is 3. The number of carboxylic acids is 1. The first-order valence-electron chi connectivity index (χ1n) is 12.6. The normalized spacial score (nSPS) is 20.3. The van der Waals surface area contributed by atoms with Crippen molar-refractivity contribution in [3.63, 3.8) is 0 Å². The fraction of sp³-hybridized carbons (Fsp3) is 0.310. The van der Waals surface area contributed by atoms with Crippen LogP contribution in [0.4, 0.5) is 0 Å². The lowest BCUT2D eigenvalue weighted by atomic mass is 9.88. The van der Waals surface area contributed by atoms with E-state index in [1.807, 2.05) is 6.92 Å². The standard InChI is InChI=1S/C29H29Cl2NO6S/c1-2-5-24(29(34)35)32-26(18-8-12-22(30)13-9-18)27(19-10-14-23(31)15-11-19)38-25(28(32)33)16-20-6-3-4-7-21(20)17-39(36)37/h3-4,6-15,24-27,39H,2,5,16-17H2,1H3,(H,34,35)/t24-,25+,26-,27+/m1/s1. The van der Waals surface area contributed by atoms with E-state index < -0.39 is 46.9 Å². The Morgan fingerprint density at radius 2 is 1.51 bits per heavy atom. The molecule has 3 aromatic rings. The zero-order valence-electron chi connectivity index (χ0n) is 21.2. The van der Waals surface area contributed by atoms with Gasteiger partial charge in [-0.2, -0.15) is 0 Å². The van der Waals surface area contributed by atoms with E-state index in [9.17, 15) is 23.1 Å². The summed E-state index contributed by atoms with van der Waals surface area (Å²) < 4.78 is 29.5. The fourth-order valence-corrected chi connectivity index (χ4v) is 5.89. The predicted octanol–water partition coefficient (Wildman–Crippen LogP) is 5.61. The number of halogens is 2. The van der Waals surface area contributed by atoms with Gasteiger partial charge in [-0.3, -0.25) is 4.79 Å². The number of carboxylic acid groups (broad SMARTS) is 1. The average molecular weight is 591 g/mol. The second-order valence-electron chi connectivity index (χ2n) is 9.45. The van der Waals surface area contributed by atoms with Gasteiger partial charge in [-0.15, -0.1) is 0 Å². The fourth-order valence-electron chi connectivity index (χ4n) is 5.06. The third-order valence-electron chi connectivity index (χ3n) is 6.84. The zero-order valence-corrected chi connectivity index (χ0v) is 23.6. The van der Waals surface area contributed by atoms with Crippen LogP contribution in [0.3, 0.4) is 0 Å². The van der Waals surface area contributed by atoms with E-state index in [0.717, 1.165) is 5.56 Å². The monoisotopic (exact) mass is 589 g/mol. The molecule has 1 amide bonds. The highest BCUT2D eigenvalue weighted by molar-refractivity contribution is 7.71. The second kappa shape index (κ2) is 13.0. The molecule has 1 N–H and O–H groups in total. The molecule has 0 bridgehead atoms. The zero-order chi connectivity index (χ0) is 28.1. The van der Waals surface area contributed by atoms with Crippen molar-refractivity contribution in [1.82, 2.24) is 4.90 Å². The van der Waals surface area contributed by atoms with Crippen LogP contribution in [0, 0.1) is 0 Å². The van der Waals surface area contributed by atoms with Crippen molar-refractivity contribution < 1.29 is 27.9 Å². The number of carbonyl (C=O) groups is 2. The number of hydrogen-bond acceptors (Lipinski definition) is 5. The number of aliphatic carboxylic acids is 1. The number of carbonyl (C=O) groups excluding carboxylic acids is 1. The molecule has 206 valence electrons. The molecule has 0 unspecified atom stereocenters. The van der Waals surface area contributed by atoms with Crippen LogP contribution in [-0.4, -0.2) is 42.4 Å². The molecule has 1 aliphatic rings. The maximum Gasteiger partial charge on any atom is 0.326 e. The maximum absolute atomic E-state index is 14.1. The van der Waals surface area contributed by atoms with Gasteiger partial charge in [-0.05, 0) is 52.9 Å². The highest BCUT2D eigenvalue weighted by Gasteiger charge is 2.48. The molecule has 4 rings (SSSR count). The number of nitrogens with zero attached hydrogens (tertiary/aromatic N) is 1. The van der Waals surface area contributed by atoms with Gasteiger partial charge in [0.05, 0.1) is 11.8 Å². The van der Waals surface area contributed by atoms with Gasteiger partial charge in [0, 0.05) is 16.5 Å². The first-order chi connectivity index (χ1) is 18.7. The predicted molar refractivity (Wildman–Crippen MR) is 151 cm³/mol. The summed E-state index contributed by atoms with van der Waals surface area (Å²) in [5.41, 5.74) is 2.62. The smallest absolute Gasteiger partial charge is 0.326 e. The minimum absolute atomic E-state index is 0.0879. The van der Waals surface area contributed by atoms with Crippen molar-refractivity contribution in [3.05, 3.63) is 105 Å². The number of hydrogen-bond donors (Lipinski definition) is 2. The van der Waals surface area contributed by atoms with Crippen LogP contribution in [0.2, 0.25) is 10.0 Å². The third-order valence-corrected chi connectivity index (χ3v) is 7.95. The first kappa shape index (κ1) is 29.1. The Hall–Kier alpha value is -2.91. The summed E-state index contributed by atoms with van der Waals surface area (Å²) in [5, 5.41) is 11.3. The lowest BCUT2D eigenvalue weighted by Crippen LogP contribution is -2.57. The number of thiol groups is 1. The Morgan fingerprint density at radius 3 is 2.05 bits per heavy atom. The van der Waals surface area contributed by atoms with E-state index >= 15 is 0 Å². The van der Waals surface area contributed by atoms with E-state index in [1.165, 1.54) is 4.90 Å². The van der Waals surface area contributed by atoms with Gasteiger partial charge in [0.2, 0.25) is 0 Å². The molecule has 0 saturated carbocycles. The van der Waals surface area contributed by atoms with Crippen LogP contribution in [-0.2, 0) is 37.2 Å². The average Bonchev–Trinajstić information content (AvgIpc) is 2.90. The van der Waals surface area contributed by atoms with Crippen LogP contribution < -0.4 is 0 Å². The Morgan fingerprint density at radius 1 is 0.949 bits per heavy atom. The molecule has 1 heterocycles. The molecule has 39 heavy (non-hydrogen) atoms. The largest absolute Gasteiger partial charge is 0.480 e. The second-order valence-corrected chi connectivity index (χ2v) is 11.3. The van der Waals surface area contributed by atoms with Crippen LogP contribution in [0.15, 0.2) is 72.8 Å². The quantitative estimate of drug-likeness (QED) is 0.298. The minimum atomic E-state index is -2.69. The maximum atomic E-state index is 14.1. The third kappa shape index (κ3) is 6.81. The van der Waals surface area contributed by atoms with Crippen molar-refractivity contribution >= 4 is 45.8 Å². The molecule has 1 aliphatic heterocycles. The number of morpholine rings is 1. The van der Waals surface area contributed by atoms with Crippen molar-refractivity contribution in [2.75, 3.05) is 0 Å². The lowest BCUT2D eigenvalue weighted by molar-refractivity contribution is -0.184. The van der Waals surface area contributed by atoms with Gasteiger partial charge in [-0.25, -0.2) is 13.2 Å². The molecule has 4 atom stereocenters. The Kier molecular flexibility index (Phi) is 9.67. The topological polar surface area (TPSA) is 101 Å². The van der Waals surface area contributed by atoms with Gasteiger partial charge >= 0.3 is 5.97 Å². The SMILES string of the molecule is CCC[C@H](C(=O)O)N1C(=O)[C@H](Cc2ccccc2C[SH](=O)=O)O[C@@H](c2ccc(Cl)cc2)[C@H]1c1ccc(Cl)cc1. The molecule has 0 spiro atoms. The van der Waals surface area contributed by atoms with Crippen LogP contribution in [0.25, 0.3) is 0 Å². The van der Waals surface area contributed by atoms with Gasteiger partial charge in [0.1, 0.15) is 29.0 Å². The van der Waals surface area contributed by atoms with Crippen molar-refractivity contribution in [2.45, 2.75) is 56.2 Å². The molecule has 0 radical (unpaired) electrons. The van der Waals surface area contributed by atoms with E-state index in [2.05, 4.69) is 0 Å². The van der Waals surface area contributed by atoms with Crippen LogP contribution in [0.1, 0.15) is 54.2 Å².